The van der Waals surface area contributed by atoms with Gasteiger partial charge in [-0.3, -0.25) is 4.79 Å². The second-order valence-corrected chi connectivity index (χ2v) is 12.1. The number of benzene rings is 2. The molecular formula is C33H45NO2. The van der Waals surface area contributed by atoms with Crippen molar-refractivity contribution in [1.29, 1.82) is 0 Å². The number of carbonyl (C=O) groups is 1. The van der Waals surface area contributed by atoms with E-state index in [0.717, 1.165) is 31.7 Å². The Kier molecular flexibility index (Phi) is 8.80. The molecule has 194 valence electrons. The molecule has 2 aromatic rings. The molecule has 5 rings (SSSR count). The van der Waals surface area contributed by atoms with Gasteiger partial charge in [0.15, 0.2) is 0 Å². The summed E-state index contributed by atoms with van der Waals surface area (Å²) < 4.78 is 0. The van der Waals surface area contributed by atoms with Gasteiger partial charge in [-0.25, -0.2) is 0 Å². The molecule has 2 aromatic carbocycles. The van der Waals surface area contributed by atoms with Crippen LogP contribution in [0.2, 0.25) is 0 Å². The van der Waals surface area contributed by atoms with Crippen LogP contribution in [0, 0.1) is 29.6 Å². The van der Waals surface area contributed by atoms with Gasteiger partial charge in [-0.2, -0.15) is 0 Å². The summed E-state index contributed by atoms with van der Waals surface area (Å²) in [6.45, 7) is 3.56. The first kappa shape index (κ1) is 25.5. The third kappa shape index (κ3) is 6.59. The minimum atomic E-state index is -0.546. The van der Waals surface area contributed by atoms with Gasteiger partial charge in [0.1, 0.15) is 0 Å². The third-order valence-electron chi connectivity index (χ3n) is 9.78. The zero-order valence-corrected chi connectivity index (χ0v) is 21.9. The van der Waals surface area contributed by atoms with Crippen LogP contribution in [0.1, 0.15) is 81.3 Å². The molecule has 2 saturated carbocycles. The molecule has 0 amide bonds. The summed E-state index contributed by atoms with van der Waals surface area (Å²) in [5, 5.41) is 10.1. The molecule has 2 unspecified atom stereocenters. The topological polar surface area (TPSA) is 40.5 Å². The number of hydrogen-bond acceptors (Lipinski definition) is 2. The van der Waals surface area contributed by atoms with Gasteiger partial charge in [0.2, 0.25) is 0 Å². The Morgan fingerprint density at radius 3 is 2.22 bits per heavy atom. The highest BCUT2D eigenvalue weighted by atomic mass is 16.4. The van der Waals surface area contributed by atoms with Crippen molar-refractivity contribution in [2.24, 2.45) is 29.6 Å². The first-order valence-corrected chi connectivity index (χ1v) is 14.7. The second kappa shape index (κ2) is 12.4. The molecule has 36 heavy (non-hydrogen) atoms. The minimum Gasteiger partial charge on any atom is -0.481 e. The molecule has 4 atom stereocenters. The summed E-state index contributed by atoms with van der Waals surface area (Å²) in [6.07, 6.45) is 13.3. The Balaban J connectivity index is 1.15. The van der Waals surface area contributed by atoms with Crippen LogP contribution >= 0.6 is 0 Å². The van der Waals surface area contributed by atoms with Gasteiger partial charge in [0, 0.05) is 6.54 Å². The molecule has 1 saturated heterocycles. The van der Waals surface area contributed by atoms with E-state index in [1.54, 1.807) is 0 Å². The summed E-state index contributed by atoms with van der Waals surface area (Å²) in [4.78, 5) is 15.0. The lowest BCUT2D eigenvalue weighted by Crippen LogP contribution is -2.37. The number of hydrogen-bond donors (Lipinski definition) is 1. The Hall–Kier alpha value is -2.13. The van der Waals surface area contributed by atoms with Crippen LogP contribution in [0.4, 0.5) is 0 Å². The highest BCUT2D eigenvalue weighted by Gasteiger charge is 2.43. The fourth-order valence-corrected chi connectivity index (χ4v) is 7.42. The highest BCUT2D eigenvalue weighted by Crippen LogP contribution is 2.49. The Morgan fingerprint density at radius 1 is 0.889 bits per heavy atom. The van der Waals surface area contributed by atoms with Gasteiger partial charge in [-0.05, 0) is 98.8 Å². The molecule has 1 N–H and O–H groups in total. The monoisotopic (exact) mass is 487 g/mol. The number of rotatable bonds is 11. The van der Waals surface area contributed by atoms with E-state index >= 15 is 0 Å². The van der Waals surface area contributed by atoms with Crippen molar-refractivity contribution in [2.75, 3.05) is 19.6 Å². The molecule has 1 aliphatic heterocycles. The Morgan fingerprint density at radius 2 is 1.58 bits per heavy atom. The van der Waals surface area contributed by atoms with Crippen molar-refractivity contribution in [2.45, 2.75) is 76.5 Å². The molecule has 2 aliphatic carbocycles. The first-order chi connectivity index (χ1) is 17.7. The van der Waals surface area contributed by atoms with Crippen molar-refractivity contribution in [1.82, 2.24) is 4.90 Å². The molecule has 3 aliphatic rings. The van der Waals surface area contributed by atoms with Gasteiger partial charge in [0.25, 0.3) is 0 Å². The lowest BCUT2D eigenvalue weighted by molar-refractivity contribution is -0.144. The van der Waals surface area contributed by atoms with Crippen LogP contribution in [0.25, 0.3) is 0 Å². The molecule has 3 heteroatoms. The third-order valence-corrected chi connectivity index (χ3v) is 9.78. The van der Waals surface area contributed by atoms with Crippen LogP contribution in [-0.4, -0.2) is 35.6 Å². The van der Waals surface area contributed by atoms with E-state index < -0.39 is 5.97 Å². The summed E-state index contributed by atoms with van der Waals surface area (Å²) in [6, 6.07) is 21.9. The summed E-state index contributed by atoms with van der Waals surface area (Å²) in [5.41, 5.74) is 2.89. The Bertz CT molecular complexity index is 933. The highest BCUT2D eigenvalue weighted by molar-refractivity contribution is 5.70. The number of aryl methyl sites for hydroxylation is 1. The van der Waals surface area contributed by atoms with Crippen molar-refractivity contribution >= 4 is 5.97 Å². The molecular weight excluding hydrogens is 442 g/mol. The minimum absolute atomic E-state index is 0.151. The van der Waals surface area contributed by atoms with E-state index in [0.29, 0.717) is 23.7 Å². The van der Waals surface area contributed by atoms with Crippen molar-refractivity contribution in [3.05, 3.63) is 71.8 Å². The number of likely N-dealkylation sites (tertiary alicyclic amines) is 1. The molecule has 3 nitrogen and oxygen atoms in total. The first-order valence-electron chi connectivity index (χ1n) is 14.7. The quantitative estimate of drug-likeness (QED) is 0.358. The average molecular weight is 488 g/mol. The normalized spacial score (nSPS) is 26.5. The standard InChI is InChI=1S/C33H45NO2/c35-33(36)32(21-27-13-8-14-27)29-22-30(31(23-29)28-15-5-2-6-16-28)24-34-19-17-26(18-20-34)12-7-11-25-9-3-1-4-10-25/h1-6,9-10,15-16,26-27,29-32H,7-8,11-14,17-24H2,(H,35,36)/t29?,30-,31-,32?/m1/s1. The van der Waals surface area contributed by atoms with Gasteiger partial charge in [0.05, 0.1) is 5.92 Å². The lowest BCUT2D eigenvalue weighted by Gasteiger charge is -2.35. The fourth-order valence-electron chi connectivity index (χ4n) is 7.42. The number of aliphatic carboxylic acids is 1. The molecule has 1 heterocycles. The number of piperidine rings is 1. The number of nitrogens with zero attached hydrogens (tertiary/aromatic N) is 1. The van der Waals surface area contributed by atoms with Crippen molar-refractivity contribution in [3.63, 3.8) is 0 Å². The lowest BCUT2D eigenvalue weighted by atomic mass is 9.74. The SMILES string of the molecule is O=C(O)C(CC1CCC1)C1C[C@H](CN2CCC(CCCc3ccccc3)CC2)[C@@H](c2ccccc2)C1. The van der Waals surface area contributed by atoms with E-state index in [9.17, 15) is 9.90 Å². The summed E-state index contributed by atoms with van der Waals surface area (Å²) in [7, 11) is 0. The number of carboxylic acids is 1. The summed E-state index contributed by atoms with van der Waals surface area (Å²) >= 11 is 0. The van der Waals surface area contributed by atoms with Gasteiger partial charge in [-0.1, -0.05) is 86.3 Å². The average Bonchev–Trinajstić information content (AvgIpc) is 3.28. The van der Waals surface area contributed by atoms with E-state index in [1.807, 2.05) is 0 Å². The fraction of sp³-hybridized carbons (Fsp3) is 0.606. The maximum atomic E-state index is 12.3. The summed E-state index contributed by atoms with van der Waals surface area (Å²) in [5.74, 6) is 2.23. The second-order valence-electron chi connectivity index (χ2n) is 12.1. The maximum Gasteiger partial charge on any atom is 0.306 e. The maximum absolute atomic E-state index is 12.3. The molecule has 0 aromatic heterocycles. The predicted octanol–water partition coefficient (Wildman–Crippen LogP) is 7.42. The van der Waals surface area contributed by atoms with Crippen molar-refractivity contribution < 1.29 is 9.90 Å². The van der Waals surface area contributed by atoms with E-state index in [2.05, 4.69) is 65.6 Å². The largest absolute Gasteiger partial charge is 0.481 e. The van der Waals surface area contributed by atoms with Crippen LogP contribution in [0.3, 0.4) is 0 Å². The van der Waals surface area contributed by atoms with Crippen LogP contribution in [-0.2, 0) is 11.2 Å². The molecule has 0 radical (unpaired) electrons. The predicted molar refractivity (Wildman–Crippen MR) is 147 cm³/mol. The van der Waals surface area contributed by atoms with Crippen LogP contribution in [0.15, 0.2) is 60.7 Å². The zero-order valence-electron chi connectivity index (χ0n) is 21.9. The zero-order chi connectivity index (χ0) is 24.7. The van der Waals surface area contributed by atoms with E-state index in [4.69, 9.17) is 0 Å². The Labute approximate surface area is 218 Å². The smallest absolute Gasteiger partial charge is 0.306 e. The van der Waals surface area contributed by atoms with Crippen LogP contribution in [0.5, 0.6) is 0 Å². The molecule has 0 spiro atoms. The van der Waals surface area contributed by atoms with E-state index in [1.165, 1.54) is 75.6 Å². The van der Waals surface area contributed by atoms with Gasteiger partial charge in [-0.15, -0.1) is 0 Å². The number of carboxylic acid groups (broad SMARTS) is 1. The molecule has 3 fully saturated rings. The van der Waals surface area contributed by atoms with Gasteiger partial charge < -0.3 is 10.0 Å². The van der Waals surface area contributed by atoms with Crippen molar-refractivity contribution in [3.8, 4) is 0 Å². The van der Waals surface area contributed by atoms with Crippen LogP contribution < -0.4 is 0 Å². The molecule has 0 bridgehead atoms. The van der Waals surface area contributed by atoms with E-state index in [-0.39, 0.29) is 5.92 Å². The van der Waals surface area contributed by atoms with Gasteiger partial charge >= 0.3 is 5.97 Å².